The van der Waals surface area contributed by atoms with Crippen LogP contribution in [0, 0.1) is 18.8 Å². The van der Waals surface area contributed by atoms with E-state index in [4.69, 9.17) is 5.73 Å². The van der Waals surface area contributed by atoms with E-state index in [9.17, 15) is 0 Å². The lowest BCUT2D eigenvalue weighted by Gasteiger charge is -2.18. The molecule has 88 valence electrons. The van der Waals surface area contributed by atoms with E-state index in [-0.39, 0.29) is 0 Å². The molecular formula is C14H22N2. The van der Waals surface area contributed by atoms with Gasteiger partial charge in [-0.1, -0.05) is 24.6 Å². The summed E-state index contributed by atoms with van der Waals surface area (Å²) >= 11 is 0. The molecule has 1 aromatic rings. The second kappa shape index (κ2) is 4.46. The van der Waals surface area contributed by atoms with Crippen molar-refractivity contribution in [3.63, 3.8) is 0 Å². The van der Waals surface area contributed by atoms with E-state index in [0.29, 0.717) is 0 Å². The van der Waals surface area contributed by atoms with E-state index in [0.717, 1.165) is 24.1 Å². The molecule has 0 radical (unpaired) electrons. The summed E-state index contributed by atoms with van der Waals surface area (Å²) in [5.74, 6) is 1.84. The molecule has 1 fully saturated rings. The largest absolute Gasteiger partial charge is 0.398 e. The van der Waals surface area contributed by atoms with Gasteiger partial charge in [-0.3, -0.25) is 0 Å². The molecule has 1 aliphatic carbocycles. The van der Waals surface area contributed by atoms with Gasteiger partial charge in [0, 0.05) is 18.8 Å². The molecule has 0 aromatic heterocycles. The van der Waals surface area contributed by atoms with Crippen LogP contribution in [0.25, 0.3) is 0 Å². The van der Waals surface area contributed by atoms with Gasteiger partial charge in [0.2, 0.25) is 0 Å². The Labute approximate surface area is 98.4 Å². The second-order valence-electron chi connectivity index (χ2n) is 5.37. The number of anilines is 1. The lowest BCUT2D eigenvalue weighted by molar-refractivity contribution is 0.308. The number of hydrogen-bond acceptors (Lipinski definition) is 2. The molecule has 2 N–H and O–H groups in total. The number of hydrogen-bond donors (Lipinski definition) is 1. The standard InChI is InChI=1S/C14H22N2/c1-10-4-5-14(15)13(6-10)9-16(3)8-12-7-11(12)2/h4-6,11-12H,7-9,15H2,1-3H3. The minimum atomic E-state index is 0.913. The fourth-order valence-corrected chi connectivity index (χ4v) is 2.28. The minimum Gasteiger partial charge on any atom is -0.398 e. The molecule has 2 nitrogen and oxygen atoms in total. The monoisotopic (exact) mass is 218 g/mol. The van der Waals surface area contributed by atoms with E-state index >= 15 is 0 Å². The van der Waals surface area contributed by atoms with Crippen molar-refractivity contribution in [3.05, 3.63) is 29.3 Å². The lowest BCUT2D eigenvalue weighted by Crippen LogP contribution is -2.21. The van der Waals surface area contributed by atoms with Crippen LogP contribution in [0.5, 0.6) is 0 Å². The number of benzene rings is 1. The Morgan fingerprint density at radius 1 is 1.44 bits per heavy atom. The molecule has 2 atom stereocenters. The maximum Gasteiger partial charge on any atom is 0.0359 e. The number of aryl methyl sites for hydroxylation is 1. The molecule has 16 heavy (non-hydrogen) atoms. The Bertz CT molecular complexity index is 373. The summed E-state index contributed by atoms with van der Waals surface area (Å²) < 4.78 is 0. The van der Waals surface area contributed by atoms with E-state index in [1.807, 2.05) is 6.07 Å². The van der Waals surface area contributed by atoms with Gasteiger partial charge >= 0.3 is 0 Å². The van der Waals surface area contributed by atoms with Crippen LogP contribution in [-0.2, 0) is 6.54 Å². The maximum absolute atomic E-state index is 5.98. The average molecular weight is 218 g/mol. The van der Waals surface area contributed by atoms with Crippen molar-refractivity contribution in [2.24, 2.45) is 11.8 Å². The van der Waals surface area contributed by atoms with Crippen LogP contribution in [-0.4, -0.2) is 18.5 Å². The van der Waals surface area contributed by atoms with Gasteiger partial charge < -0.3 is 10.6 Å². The highest BCUT2D eigenvalue weighted by atomic mass is 15.1. The third-order valence-corrected chi connectivity index (χ3v) is 3.56. The Hall–Kier alpha value is -1.02. The van der Waals surface area contributed by atoms with Crippen molar-refractivity contribution in [3.8, 4) is 0 Å². The number of rotatable bonds is 4. The van der Waals surface area contributed by atoms with Crippen molar-refractivity contribution >= 4 is 5.69 Å². The fourth-order valence-electron chi connectivity index (χ4n) is 2.28. The molecule has 1 saturated carbocycles. The first-order chi connectivity index (χ1) is 7.56. The topological polar surface area (TPSA) is 29.3 Å². The van der Waals surface area contributed by atoms with Crippen LogP contribution in [0.2, 0.25) is 0 Å². The molecule has 1 aromatic carbocycles. The summed E-state index contributed by atoms with van der Waals surface area (Å²) in [5, 5.41) is 0. The molecule has 0 saturated heterocycles. The molecule has 2 unspecified atom stereocenters. The minimum absolute atomic E-state index is 0.913. The zero-order chi connectivity index (χ0) is 11.7. The molecule has 0 amide bonds. The number of nitrogens with zero attached hydrogens (tertiary/aromatic N) is 1. The van der Waals surface area contributed by atoms with Crippen LogP contribution < -0.4 is 5.73 Å². The first kappa shape index (κ1) is 11.5. The maximum atomic E-state index is 5.98. The van der Waals surface area contributed by atoms with Gasteiger partial charge in [0.1, 0.15) is 0 Å². The quantitative estimate of drug-likeness (QED) is 0.787. The molecule has 0 bridgehead atoms. The predicted molar refractivity (Wildman–Crippen MR) is 69.2 cm³/mol. The normalized spacial score (nSPS) is 23.8. The summed E-state index contributed by atoms with van der Waals surface area (Å²) in [4.78, 5) is 2.39. The predicted octanol–water partition coefficient (Wildman–Crippen LogP) is 2.67. The number of nitrogens with two attached hydrogens (primary N) is 1. The van der Waals surface area contributed by atoms with E-state index in [2.05, 4.69) is 37.9 Å². The number of nitrogen functional groups attached to an aromatic ring is 1. The Kier molecular flexibility index (Phi) is 3.20. The highest BCUT2D eigenvalue weighted by molar-refractivity contribution is 5.48. The molecule has 2 rings (SSSR count). The zero-order valence-electron chi connectivity index (χ0n) is 10.5. The van der Waals surface area contributed by atoms with Crippen LogP contribution in [0.15, 0.2) is 18.2 Å². The molecule has 1 aliphatic rings. The van der Waals surface area contributed by atoms with Crippen LogP contribution >= 0.6 is 0 Å². The fraction of sp³-hybridized carbons (Fsp3) is 0.571. The third-order valence-electron chi connectivity index (χ3n) is 3.56. The van der Waals surface area contributed by atoms with Gasteiger partial charge in [-0.05, 0) is 43.9 Å². The Morgan fingerprint density at radius 2 is 2.12 bits per heavy atom. The van der Waals surface area contributed by atoms with E-state index < -0.39 is 0 Å². The van der Waals surface area contributed by atoms with Gasteiger partial charge in [-0.25, -0.2) is 0 Å². The average Bonchev–Trinajstić information content (AvgIpc) is 2.88. The van der Waals surface area contributed by atoms with Gasteiger partial charge in [0.15, 0.2) is 0 Å². The van der Waals surface area contributed by atoms with Crippen LogP contribution in [0.4, 0.5) is 5.69 Å². The van der Waals surface area contributed by atoms with Crippen LogP contribution in [0.1, 0.15) is 24.5 Å². The molecule has 0 aliphatic heterocycles. The van der Waals surface area contributed by atoms with Crippen molar-refractivity contribution in [2.45, 2.75) is 26.8 Å². The lowest BCUT2D eigenvalue weighted by atomic mass is 10.1. The first-order valence-corrected chi connectivity index (χ1v) is 6.10. The molecule has 0 heterocycles. The third kappa shape index (κ3) is 2.76. The van der Waals surface area contributed by atoms with Crippen molar-refractivity contribution in [2.75, 3.05) is 19.3 Å². The molecular weight excluding hydrogens is 196 g/mol. The van der Waals surface area contributed by atoms with Gasteiger partial charge in [0.05, 0.1) is 0 Å². The zero-order valence-corrected chi connectivity index (χ0v) is 10.5. The van der Waals surface area contributed by atoms with Gasteiger partial charge in [0.25, 0.3) is 0 Å². The highest BCUT2D eigenvalue weighted by Crippen LogP contribution is 2.38. The van der Waals surface area contributed by atoms with Crippen molar-refractivity contribution < 1.29 is 0 Å². The highest BCUT2D eigenvalue weighted by Gasteiger charge is 2.33. The summed E-state index contributed by atoms with van der Waals surface area (Å²) in [5.41, 5.74) is 9.45. The SMILES string of the molecule is Cc1ccc(N)c(CN(C)CC2CC2C)c1. The first-order valence-electron chi connectivity index (χ1n) is 6.10. The van der Waals surface area contributed by atoms with E-state index in [1.54, 1.807) is 0 Å². The smallest absolute Gasteiger partial charge is 0.0359 e. The Morgan fingerprint density at radius 3 is 2.75 bits per heavy atom. The Balaban J connectivity index is 1.94. The van der Waals surface area contributed by atoms with Crippen LogP contribution in [0.3, 0.4) is 0 Å². The summed E-state index contributed by atoms with van der Waals surface area (Å²) in [7, 11) is 2.19. The van der Waals surface area contributed by atoms with E-state index in [1.165, 1.54) is 24.1 Å². The summed E-state index contributed by atoms with van der Waals surface area (Å²) in [6.07, 6.45) is 1.40. The van der Waals surface area contributed by atoms with Crippen molar-refractivity contribution in [1.29, 1.82) is 0 Å². The summed E-state index contributed by atoms with van der Waals surface area (Å²) in [6, 6.07) is 6.28. The summed E-state index contributed by atoms with van der Waals surface area (Å²) in [6.45, 7) is 6.62. The van der Waals surface area contributed by atoms with Gasteiger partial charge in [-0.2, -0.15) is 0 Å². The molecule has 2 heteroatoms. The second-order valence-corrected chi connectivity index (χ2v) is 5.37. The van der Waals surface area contributed by atoms with Gasteiger partial charge in [-0.15, -0.1) is 0 Å². The van der Waals surface area contributed by atoms with Crippen molar-refractivity contribution in [1.82, 2.24) is 4.90 Å². The molecule has 0 spiro atoms.